The number of nitrogens with two attached hydrogens (primary N) is 1. The van der Waals surface area contributed by atoms with E-state index < -0.39 is 6.04 Å². The first-order chi connectivity index (χ1) is 9.90. The molecule has 4 N–H and O–H groups in total. The first kappa shape index (κ1) is 24.7. The van der Waals surface area contributed by atoms with E-state index in [-0.39, 0.29) is 49.1 Å². The Hall–Kier alpha value is -0.560. The van der Waals surface area contributed by atoms with E-state index in [0.29, 0.717) is 6.54 Å². The van der Waals surface area contributed by atoms with Gasteiger partial charge in [-0.3, -0.25) is 9.59 Å². The SMILES string of the molecule is CC1CCCN(CCNC(=O)CNC(=O)[C@@H](N)C(C)C)C1.Cl.Cl. The quantitative estimate of drug-likeness (QED) is 0.617. The molecule has 1 unspecified atom stereocenters. The van der Waals surface area contributed by atoms with Gasteiger partial charge in [-0.15, -0.1) is 24.8 Å². The number of amides is 2. The number of carbonyl (C=O) groups excluding carboxylic acids is 2. The molecule has 0 aromatic rings. The molecule has 1 aliphatic heterocycles. The average molecular weight is 371 g/mol. The van der Waals surface area contributed by atoms with Crippen molar-refractivity contribution in [1.29, 1.82) is 0 Å². The van der Waals surface area contributed by atoms with Crippen molar-refractivity contribution in [3.8, 4) is 0 Å². The number of hydrogen-bond donors (Lipinski definition) is 3. The fraction of sp³-hybridized carbons (Fsp3) is 0.867. The molecule has 0 aromatic heterocycles. The van der Waals surface area contributed by atoms with Gasteiger partial charge in [-0.05, 0) is 31.2 Å². The van der Waals surface area contributed by atoms with Crippen molar-refractivity contribution in [2.24, 2.45) is 17.6 Å². The Morgan fingerprint density at radius 3 is 2.48 bits per heavy atom. The zero-order valence-corrected chi connectivity index (χ0v) is 16.0. The highest BCUT2D eigenvalue weighted by molar-refractivity contribution is 5.87. The lowest BCUT2D eigenvalue weighted by molar-refractivity contribution is -0.127. The van der Waals surface area contributed by atoms with Crippen molar-refractivity contribution in [1.82, 2.24) is 15.5 Å². The smallest absolute Gasteiger partial charge is 0.239 e. The molecule has 138 valence electrons. The number of halogens is 2. The van der Waals surface area contributed by atoms with Gasteiger partial charge in [0.15, 0.2) is 0 Å². The summed E-state index contributed by atoms with van der Waals surface area (Å²) < 4.78 is 0. The number of nitrogens with one attached hydrogen (secondary N) is 2. The topological polar surface area (TPSA) is 87.5 Å². The maximum absolute atomic E-state index is 11.7. The number of rotatable bonds is 7. The summed E-state index contributed by atoms with van der Waals surface area (Å²) in [6.07, 6.45) is 2.53. The highest BCUT2D eigenvalue weighted by Crippen LogP contribution is 2.14. The predicted molar refractivity (Wildman–Crippen MR) is 98.2 cm³/mol. The third-order valence-electron chi connectivity index (χ3n) is 3.94. The lowest BCUT2D eigenvalue weighted by Gasteiger charge is -2.30. The van der Waals surface area contributed by atoms with Gasteiger partial charge in [0.2, 0.25) is 11.8 Å². The van der Waals surface area contributed by atoms with Crippen LogP contribution in [0, 0.1) is 11.8 Å². The Kier molecular flexibility index (Phi) is 13.8. The summed E-state index contributed by atoms with van der Waals surface area (Å²) in [5.41, 5.74) is 5.71. The van der Waals surface area contributed by atoms with Crippen molar-refractivity contribution < 1.29 is 9.59 Å². The molecule has 2 amide bonds. The minimum atomic E-state index is -0.562. The van der Waals surface area contributed by atoms with Crippen LogP contribution in [0.1, 0.15) is 33.6 Å². The van der Waals surface area contributed by atoms with E-state index >= 15 is 0 Å². The first-order valence-electron chi connectivity index (χ1n) is 7.92. The van der Waals surface area contributed by atoms with Gasteiger partial charge in [0, 0.05) is 19.6 Å². The molecule has 6 nitrogen and oxygen atoms in total. The molecule has 0 spiro atoms. The molecule has 2 atom stereocenters. The van der Waals surface area contributed by atoms with Crippen LogP contribution in [0.25, 0.3) is 0 Å². The zero-order valence-electron chi connectivity index (χ0n) is 14.3. The largest absolute Gasteiger partial charge is 0.353 e. The third kappa shape index (κ3) is 10.0. The Morgan fingerprint density at radius 2 is 1.91 bits per heavy atom. The average Bonchev–Trinajstić information content (AvgIpc) is 2.44. The van der Waals surface area contributed by atoms with Crippen LogP contribution in [0.3, 0.4) is 0 Å². The predicted octanol–water partition coefficient (Wildman–Crippen LogP) is 0.778. The van der Waals surface area contributed by atoms with Crippen molar-refractivity contribution in [3.63, 3.8) is 0 Å². The van der Waals surface area contributed by atoms with Gasteiger partial charge in [0.05, 0.1) is 12.6 Å². The van der Waals surface area contributed by atoms with Crippen LogP contribution in [-0.4, -0.2) is 55.5 Å². The summed E-state index contributed by atoms with van der Waals surface area (Å²) >= 11 is 0. The summed E-state index contributed by atoms with van der Waals surface area (Å²) in [5, 5.41) is 5.40. The standard InChI is InChI=1S/C15H30N4O2.2ClH/c1-11(2)14(16)15(21)18-9-13(20)17-6-8-19-7-4-5-12(3)10-19;;/h11-12,14H,4-10,16H2,1-3H3,(H,17,20)(H,18,21);2*1H/t12?,14-;;/m0../s1. The van der Waals surface area contributed by atoms with Gasteiger partial charge in [-0.2, -0.15) is 0 Å². The van der Waals surface area contributed by atoms with E-state index in [1.807, 2.05) is 13.8 Å². The third-order valence-corrected chi connectivity index (χ3v) is 3.94. The lowest BCUT2D eigenvalue weighted by Crippen LogP contribution is -2.48. The van der Waals surface area contributed by atoms with Gasteiger partial charge in [-0.1, -0.05) is 20.8 Å². The Balaban J connectivity index is 0. The zero-order chi connectivity index (χ0) is 15.8. The molecule has 0 aliphatic carbocycles. The molecule has 0 saturated carbocycles. The van der Waals surface area contributed by atoms with Crippen molar-refractivity contribution in [2.75, 3.05) is 32.7 Å². The maximum Gasteiger partial charge on any atom is 0.239 e. The molecule has 23 heavy (non-hydrogen) atoms. The summed E-state index contributed by atoms with van der Waals surface area (Å²) in [5.74, 6) is 0.370. The van der Waals surface area contributed by atoms with Crippen LogP contribution in [0.5, 0.6) is 0 Å². The minimum Gasteiger partial charge on any atom is -0.353 e. The second-order valence-corrected chi connectivity index (χ2v) is 6.39. The van der Waals surface area contributed by atoms with E-state index in [2.05, 4.69) is 22.5 Å². The van der Waals surface area contributed by atoms with Crippen molar-refractivity contribution >= 4 is 36.6 Å². The van der Waals surface area contributed by atoms with Gasteiger partial charge in [0.1, 0.15) is 0 Å². The molecule has 0 radical (unpaired) electrons. The highest BCUT2D eigenvalue weighted by Gasteiger charge is 2.18. The van der Waals surface area contributed by atoms with E-state index in [4.69, 9.17) is 5.73 Å². The summed E-state index contributed by atoms with van der Waals surface area (Å²) in [6, 6.07) is -0.562. The van der Waals surface area contributed by atoms with E-state index in [1.165, 1.54) is 12.8 Å². The van der Waals surface area contributed by atoms with Crippen LogP contribution >= 0.6 is 24.8 Å². The molecule has 0 bridgehead atoms. The number of nitrogens with zero attached hydrogens (tertiary/aromatic N) is 1. The molecule has 1 aliphatic rings. The summed E-state index contributed by atoms with van der Waals surface area (Å²) in [4.78, 5) is 25.7. The number of carbonyl (C=O) groups is 2. The van der Waals surface area contributed by atoms with Crippen LogP contribution in [-0.2, 0) is 9.59 Å². The van der Waals surface area contributed by atoms with Crippen LogP contribution in [0.15, 0.2) is 0 Å². The molecular formula is C15H32Cl2N4O2. The maximum atomic E-state index is 11.7. The number of likely N-dealkylation sites (tertiary alicyclic amines) is 1. The molecule has 1 saturated heterocycles. The van der Waals surface area contributed by atoms with E-state index in [1.54, 1.807) is 0 Å². The molecular weight excluding hydrogens is 339 g/mol. The summed E-state index contributed by atoms with van der Waals surface area (Å²) in [7, 11) is 0. The second kappa shape index (κ2) is 12.8. The fourth-order valence-corrected chi connectivity index (χ4v) is 2.49. The highest BCUT2D eigenvalue weighted by atomic mass is 35.5. The molecule has 1 heterocycles. The van der Waals surface area contributed by atoms with Gasteiger partial charge in [-0.25, -0.2) is 0 Å². The summed E-state index contributed by atoms with van der Waals surface area (Å²) in [6.45, 7) is 9.73. The Bertz CT molecular complexity index is 356. The Morgan fingerprint density at radius 1 is 1.26 bits per heavy atom. The van der Waals surface area contributed by atoms with Crippen LogP contribution < -0.4 is 16.4 Å². The van der Waals surface area contributed by atoms with Gasteiger partial charge >= 0.3 is 0 Å². The van der Waals surface area contributed by atoms with Crippen LogP contribution in [0.2, 0.25) is 0 Å². The monoisotopic (exact) mass is 370 g/mol. The van der Waals surface area contributed by atoms with Crippen molar-refractivity contribution in [3.05, 3.63) is 0 Å². The molecule has 8 heteroatoms. The Labute approximate surface area is 152 Å². The van der Waals surface area contributed by atoms with Crippen LogP contribution in [0.4, 0.5) is 0 Å². The molecule has 1 fully saturated rings. The molecule has 0 aromatic carbocycles. The van der Waals surface area contributed by atoms with Gasteiger partial charge < -0.3 is 21.3 Å². The molecule has 1 rings (SSSR count). The number of piperidine rings is 1. The van der Waals surface area contributed by atoms with Gasteiger partial charge in [0.25, 0.3) is 0 Å². The lowest BCUT2D eigenvalue weighted by atomic mass is 10.0. The van der Waals surface area contributed by atoms with E-state index in [0.717, 1.165) is 25.6 Å². The second-order valence-electron chi connectivity index (χ2n) is 6.39. The van der Waals surface area contributed by atoms with E-state index in [9.17, 15) is 9.59 Å². The normalized spacial score (nSPS) is 19.3. The minimum absolute atomic E-state index is 0. The first-order valence-corrected chi connectivity index (χ1v) is 7.92. The van der Waals surface area contributed by atoms with Crippen molar-refractivity contribution in [2.45, 2.75) is 39.7 Å². The fourth-order valence-electron chi connectivity index (χ4n) is 2.49. The number of hydrogen-bond acceptors (Lipinski definition) is 4.